The van der Waals surface area contributed by atoms with Gasteiger partial charge in [0, 0.05) is 32.7 Å². The second-order valence-electron chi connectivity index (χ2n) is 18.5. The lowest BCUT2D eigenvalue weighted by atomic mass is 9.82. The van der Waals surface area contributed by atoms with E-state index in [2.05, 4.69) is 64.1 Å². The first-order valence-corrected chi connectivity index (χ1v) is 24.0. The fourth-order valence-electron chi connectivity index (χ4n) is 8.51. The number of rotatable bonds is 7. The second-order valence-corrected chi connectivity index (χ2v) is 18.5. The van der Waals surface area contributed by atoms with E-state index in [1.807, 2.05) is 0 Å². The number of hydrogen-bond donors (Lipinski definition) is 0. The summed E-state index contributed by atoms with van der Waals surface area (Å²) in [4.78, 5) is 39.7. The molecule has 0 saturated heterocycles. The van der Waals surface area contributed by atoms with Crippen LogP contribution in [0.2, 0.25) is 0 Å². The van der Waals surface area contributed by atoms with E-state index in [1.54, 1.807) is 6.92 Å². The molecule has 1 unspecified atom stereocenters. The van der Waals surface area contributed by atoms with Gasteiger partial charge in [0.05, 0.1) is 0 Å². The van der Waals surface area contributed by atoms with E-state index >= 15 is 0 Å². The Morgan fingerprint density at radius 2 is 0.982 bits per heavy atom. The fourth-order valence-corrected chi connectivity index (χ4v) is 8.51. The molecule has 0 aromatic carbocycles. The van der Waals surface area contributed by atoms with Gasteiger partial charge in [0.15, 0.2) is 0 Å². The van der Waals surface area contributed by atoms with Crippen LogP contribution in [-0.2, 0) is 28.6 Å². The molecule has 332 valence electrons. The number of cyclic esters (lactones) is 2. The zero-order valence-electron chi connectivity index (χ0n) is 38.3. The molecule has 0 aromatic heterocycles. The normalized spacial score (nSPS) is 23.1. The zero-order chi connectivity index (χ0) is 41.8. The molecule has 0 amide bonds. The van der Waals surface area contributed by atoms with Crippen molar-refractivity contribution in [1.82, 2.24) is 4.90 Å². The van der Waals surface area contributed by atoms with Crippen LogP contribution in [0.4, 0.5) is 0 Å². The maximum atomic E-state index is 13.1. The molecule has 1 heterocycles. The zero-order valence-corrected chi connectivity index (χ0v) is 38.3. The maximum absolute atomic E-state index is 13.1. The highest BCUT2D eigenvalue weighted by Crippen LogP contribution is 2.28. The van der Waals surface area contributed by atoms with E-state index in [9.17, 15) is 14.4 Å². The first-order valence-electron chi connectivity index (χ1n) is 24.0. The average molecular weight is 802 g/mol. The summed E-state index contributed by atoms with van der Waals surface area (Å²) in [6.07, 6.45) is 43.1. The molecule has 7 nitrogen and oxygen atoms in total. The molecule has 0 radical (unpaired) electrons. The molecule has 1 aliphatic rings. The Kier molecular flexibility index (Phi) is 33.2. The first kappa shape index (κ1) is 52.9. The van der Waals surface area contributed by atoms with Crippen LogP contribution in [0.25, 0.3) is 0 Å². The number of hydrogen-bond acceptors (Lipinski definition) is 7. The van der Waals surface area contributed by atoms with Gasteiger partial charge in [-0.3, -0.25) is 14.4 Å². The minimum atomic E-state index is -0.813. The summed E-state index contributed by atoms with van der Waals surface area (Å²) in [5, 5.41) is 0. The number of carbonyl (C=O) groups excluding carboxylic acids is 3. The van der Waals surface area contributed by atoms with Crippen molar-refractivity contribution in [1.29, 1.82) is 0 Å². The molecule has 0 saturated carbocycles. The fraction of sp³-hybridized carbons (Fsp3) is 0.860. The number of carbonyl (C=O) groups is 3. The van der Waals surface area contributed by atoms with Crippen molar-refractivity contribution in [2.75, 3.05) is 20.6 Å². The molecule has 0 aromatic rings. The van der Waals surface area contributed by atoms with Gasteiger partial charge < -0.3 is 19.1 Å². The van der Waals surface area contributed by atoms with Gasteiger partial charge in [-0.05, 0) is 122 Å². The van der Waals surface area contributed by atoms with E-state index in [0.717, 1.165) is 103 Å². The number of allylic oxidation sites excluding steroid dienone is 4. The van der Waals surface area contributed by atoms with Crippen LogP contribution >= 0.6 is 0 Å². The third-order valence-electron chi connectivity index (χ3n) is 11.2. The quantitative estimate of drug-likeness (QED) is 0.187. The first-order chi connectivity index (χ1) is 27.5. The van der Waals surface area contributed by atoms with Crippen LogP contribution in [0, 0.1) is 11.3 Å². The van der Waals surface area contributed by atoms with Gasteiger partial charge in [0.1, 0.15) is 6.10 Å². The van der Waals surface area contributed by atoms with E-state index in [0.29, 0.717) is 25.2 Å². The largest absolute Gasteiger partial charge is 0.462 e. The van der Waals surface area contributed by atoms with Crippen molar-refractivity contribution in [3.63, 3.8) is 0 Å². The van der Waals surface area contributed by atoms with E-state index < -0.39 is 6.29 Å². The lowest BCUT2D eigenvalue weighted by Gasteiger charge is -2.31. The Labute approximate surface area is 352 Å². The van der Waals surface area contributed by atoms with Crippen LogP contribution in [-0.4, -0.2) is 55.8 Å². The lowest BCUT2D eigenvalue weighted by Crippen LogP contribution is -2.31. The molecule has 0 fully saturated rings. The Morgan fingerprint density at radius 3 is 1.37 bits per heavy atom. The Morgan fingerprint density at radius 1 is 0.632 bits per heavy atom. The maximum Gasteiger partial charge on any atom is 0.308 e. The summed E-state index contributed by atoms with van der Waals surface area (Å²) in [7, 11) is 4.24. The third kappa shape index (κ3) is 35.5. The summed E-state index contributed by atoms with van der Waals surface area (Å²) < 4.78 is 16.8. The molecular weight excluding hydrogens is 711 g/mol. The molecule has 0 N–H and O–H groups in total. The summed E-state index contributed by atoms with van der Waals surface area (Å²) in [5.74, 6) is -0.239. The molecule has 1 aliphatic heterocycles. The van der Waals surface area contributed by atoms with Gasteiger partial charge in [-0.1, -0.05) is 135 Å². The lowest BCUT2D eigenvalue weighted by molar-refractivity contribution is -0.184. The summed E-state index contributed by atoms with van der Waals surface area (Å²) in [5.41, 5.74) is 0.181. The molecule has 1 rings (SSSR count). The summed E-state index contributed by atoms with van der Waals surface area (Å²) in [6, 6.07) is 0. The van der Waals surface area contributed by atoms with Crippen molar-refractivity contribution < 1.29 is 28.6 Å². The molecule has 1 atom stereocenters. The number of esters is 3. The predicted octanol–water partition coefficient (Wildman–Crippen LogP) is 14.2. The topological polar surface area (TPSA) is 82.1 Å². The van der Waals surface area contributed by atoms with Crippen LogP contribution in [0.1, 0.15) is 233 Å². The molecule has 0 aliphatic carbocycles. The van der Waals surface area contributed by atoms with Crippen LogP contribution in [0.5, 0.6) is 0 Å². The van der Waals surface area contributed by atoms with Gasteiger partial charge in [-0.15, -0.1) is 0 Å². The van der Waals surface area contributed by atoms with Crippen molar-refractivity contribution in [2.24, 2.45) is 11.3 Å². The highest BCUT2D eigenvalue weighted by atomic mass is 16.7. The molecule has 57 heavy (non-hydrogen) atoms. The molecule has 0 bridgehead atoms. The standard InChI is InChI=1S/C50H91NO6/c1-44(42-50(3,4)43-51(5)6)41-49(54)57-46-37-33-29-25-21-17-13-9-7-11-15-19-23-27-31-35-39-47(52)55-45(2)56-48(53)40-36-32-28-24-20-16-12-8-10-14-18-22-26-30-34-38-46/h7-8,11-12,44-46H,9-10,13-43H2,1-6H3. The molecule has 0 spiro atoms. The third-order valence-corrected chi connectivity index (χ3v) is 11.2. The Hall–Kier alpha value is -2.15. The second kappa shape index (κ2) is 35.8. The summed E-state index contributed by atoms with van der Waals surface area (Å²) >= 11 is 0. The molecular formula is C50H91NO6. The predicted molar refractivity (Wildman–Crippen MR) is 239 cm³/mol. The van der Waals surface area contributed by atoms with Gasteiger partial charge >= 0.3 is 17.9 Å². The average Bonchev–Trinajstić information content (AvgIpc) is 3.12. The van der Waals surface area contributed by atoms with Crippen molar-refractivity contribution in [3.05, 3.63) is 24.3 Å². The number of nitrogens with zero attached hydrogens (tertiary/aromatic N) is 1. The van der Waals surface area contributed by atoms with Gasteiger partial charge in [-0.2, -0.15) is 0 Å². The monoisotopic (exact) mass is 802 g/mol. The number of ether oxygens (including phenoxy) is 3. The van der Waals surface area contributed by atoms with Gasteiger partial charge in [0.2, 0.25) is 6.29 Å². The highest BCUT2D eigenvalue weighted by molar-refractivity contribution is 5.71. The van der Waals surface area contributed by atoms with Crippen molar-refractivity contribution in [2.45, 2.75) is 246 Å². The Balaban J connectivity index is 2.51. The highest BCUT2D eigenvalue weighted by Gasteiger charge is 2.25. The van der Waals surface area contributed by atoms with Gasteiger partial charge in [-0.25, -0.2) is 0 Å². The Bertz CT molecular complexity index is 993. The molecule has 7 heteroatoms. The van der Waals surface area contributed by atoms with Crippen LogP contribution in [0.3, 0.4) is 0 Å². The van der Waals surface area contributed by atoms with Crippen molar-refractivity contribution in [3.8, 4) is 0 Å². The van der Waals surface area contributed by atoms with Gasteiger partial charge in [0.25, 0.3) is 0 Å². The smallest absolute Gasteiger partial charge is 0.308 e. The van der Waals surface area contributed by atoms with Crippen molar-refractivity contribution >= 4 is 17.9 Å². The summed E-state index contributed by atoms with van der Waals surface area (Å²) in [6.45, 7) is 9.47. The van der Waals surface area contributed by atoms with E-state index in [1.165, 1.54) is 89.9 Å². The van der Waals surface area contributed by atoms with Crippen LogP contribution in [0.15, 0.2) is 24.3 Å². The van der Waals surface area contributed by atoms with E-state index in [-0.39, 0.29) is 29.4 Å². The van der Waals surface area contributed by atoms with Crippen LogP contribution < -0.4 is 0 Å². The minimum absolute atomic E-state index is 0.00181. The SMILES string of the molecule is CC(CC(=O)OC1CCCCCCCCC=CCCCCCCCC(=O)OC(C)OC(=O)CCCCCCCC=CCCCCCCCC1)CC(C)(C)CN(C)C. The minimum Gasteiger partial charge on any atom is -0.462 e. The van der Waals surface area contributed by atoms with E-state index in [4.69, 9.17) is 14.2 Å².